The second-order valence-electron chi connectivity index (χ2n) is 12.3. The fourth-order valence-electron chi connectivity index (χ4n) is 6.63. The minimum atomic E-state index is -0.961. The van der Waals surface area contributed by atoms with E-state index in [4.69, 9.17) is 44.3 Å². The molecule has 3 aromatic rings. The zero-order valence-electron chi connectivity index (χ0n) is 24.7. The number of imide groups is 1. The number of allylic oxidation sites excluding steroid dienone is 1. The number of rotatable bonds is 7. The van der Waals surface area contributed by atoms with Gasteiger partial charge in [0.25, 0.3) is 0 Å². The third-order valence-electron chi connectivity index (χ3n) is 8.48. The Labute approximate surface area is 268 Å². The Morgan fingerprint density at radius 1 is 0.953 bits per heavy atom. The topological polar surface area (TPSA) is 55.8 Å². The van der Waals surface area contributed by atoms with Gasteiger partial charge in [0.05, 0.1) is 24.7 Å². The number of hydrogen-bond donors (Lipinski definition) is 0. The van der Waals surface area contributed by atoms with Crippen LogP contribution < -0.4 is 0 Å². The van der Waals surface area contributed by atoms with Crippen molar-refractivity contribution in [2.24, 2.45) is 11.3 Å². The van der Waals surface area contributed by atoms with Crippen molar-refractivity contribution in [2.75, 3.05) is 6.61 Å². The number of ether oxygens (including phenoxy) is 2. The third kappa shape index (κ3) is 6.37. The van der Waals surface area contributed by atoms with Gasteiger partial charge in [-0.15, -0.1) is 0 Å². The number of amides is 2. The van der Waals surface area contributed by atoms with Crippen molar-refractivity contribution in [1.82, 2.24) is 4.90 Å². The van der Waals surface area contributed by atoms with Gasteiger partial charge in [-0.2, -0.15) is 0 Å². The lowest BCUT2D eigenvalue weighted by Crippen LogP contribution is -2.46. The predicted octanol–water partition coefficient (Wildman–Crippen LogP) is 9.46. The highest BCUT2D eigenvalue weighted by Gasteiger charge is 2.64. The van der Waals surface area contributed by atoms with Crippen LogP contribution in [0.25, 0.3) is 0 Å². The van der Waals surface area contributed by atoms with Crippen molar-refractivity contribution in [2.45, 2.75) is 64.2 Å². The molecule has 2 amide bonds. The minimum absolute atomic E-state index is 0.144. The maximum Gasteiger partial charge on any atom is 0.417 e. The van der Waals surface area contributed by atoms with E-state index in [0.29, 0.717) is 28.1 Å². The quantitative estimate of drug-likeness (QED) is 0.242. The monoisotopic (exact) mass is 639 g/mol. The van der Waals surface area contributed by atoms with Gasteiger partial charge in [0.15, 0.2) is 0 Å². The summed E-state index contributed by atoms with van der Waals surface area (Å²) in [4.78, 5) is 29.6. The number of halogens is 3. The Morgan fingerprint density at radius 3 is 2.26 bits per heavy atom. The van der Waals surface area contributed by atoms with E-state index in [2.05, 4.69) is 6.08 Å². The SMILES string of the molecule is CC[C@@]12C=C[C@@H](c3ccc(Cl)cc3Cl)[C@H](c3ccc(Cl)cc3)[C@@H]1[C@@H](COCc1ccccc1)N(C(=O)OC(C)(C)C)C2=O. The van der Waals surface area contributed by atoms with Crippen molar-refractivity contribution >= 4 is 46.8 Å². The van der Waals surface area contributed by atoms with E-state index < -0.39 is 23.2 Å². The van der Waals surface area contributed by atoms with Crippen LogP contribution >= 0.6 is 34.8 Å². The Balaban J connectivity index is 1.65. The van der Waals surface area contributed by atoms with Crippen LogP contribution in [0.2, 0.25) is 15.1 Å². The number of nitrogens with zero attached hydrogens (tertiary/aromatic N) is 1. The standard InChI is InChI=1S/C35H36Cl3NO4/c1-5-35-18-17-27(26-16-15-25(37)19-28(26)38)30(23-11-13-24(36)14-12-23)31(35)29(21-42-20-22-9-7-6-8-10-22)39(32(35)40)33(41)43-34(2,3)4/h6-19,27,29-31H,5,20-21H2,1-4H3/t27-,29+,30-,31-,35+/m0/s1. The van der Waals surface area contributed by atoms with Gasteiger partial charge < -0.3 is 9.47 Å². The fraction of sp³-hybridized carbons (Fsp3) is 0.371. The molecule has 0 bridgehead atoms. The molecule has 1 saturated heterocycles. The highest BCUT2D eigenvalue weighted by atomic mass is 35.5. The Morgan fingerprint density at radius 2 is 1.63 bits per heavy atom. The summed E-state index contributed by atoms with van der Waals surface area (Å²) in [6.45, 7) is 7.86. The summed E-state index contributed by atoms with van der Waals surface area (Å²) in [5, 5.41) is 1.69. The number of likely N-dealkylation sites (tertiary alicyclic amines) is 1. The molecule has 3 aromatic carbocycles. The van der Waals surface area contributed by atoms with E-state index in [1.807, 2.05) is 79.7 Å². The van der Waals surface area contributed by atoms with Crippen molar-refractivity contribution in [3.8, 4) is 0 Å². The van der Waals surface area contributed by atoms with E-state index in [0.717, 1.165) is 16.7 Å². The average molecular weight is 641 g/mol. The van der Waals surface area contributed by atoms with Gasteiger partial charge in [-0.3, -0.25) is 4.79 Å². The highest BCUT2D eigenvalue weighted by molar-refractivity contribution is 6.35. The molecular weight excluding hydrogens is 605 g/mol. The molecule has 43 heavy (non-hydrogen) atoms. The fourth-order valence-corrected chi connectivity index (χ4v) is 7.30. The first-order valence-electron chi connectivity index (χ1n) is 14.5. The Bertz CT molecular complexity index is 1500. The summed E-state index contributed by atoms with van der Waals surface area (Å²) in [5.74, 6) is -1.09. The van der Waals surface area contributed by atoms with Crippen molar-refractivity contribution in [3.05, 3.63) is 117 Å². The molecule has 5 rings (SSSR count). The lowest BCUT2D eigenvalue weighted by molar-refractivity contribution is -0.135. The van der Waals surface area contributed by atoms with Gasteiger partial charge in [-0.25, -0.2) is 9.69 Å². The van der Waals surface area contributed by atoms with Crippen LogP contribution in [0.15, 0.2) is 84.9 Å². The molecule has 0 radical (unpaired) electrons. The van der Waals surface area contributed by atoms with Crippen molar-refractivity contribution in [3.63, 3.8) is 0 Å². The molecule has 5 atom stereocenters. The second kappa shape index (κ2) is 12.6. The molecule has 0 N–H and O–H groups in total. The van der Waals surface area contributed by atoms with Crippen molar-refractivity contribution < 1.29 is 19.1 Å². The maximum absolute atomic E-state index is 14.5. The Hall–Kier alpha value is -2.83. The summed E-state index contributed by atoms with van der Waals surface area (Å²) in [7, 11) is 0. The summed E-state index contributed by atoms with van der Waals surface area (Å²) >= 11 is 19.4. The summed E-state index contributed by atoms with van der Waals surface area (Å²) < 4.78 is 12.1. The zero-order chi connectivity index (χ0) is 30.9. The molecule has 0 aromatic heterocycles. The smallest absolute Gasteiger partial charge is 0.417 e. The summed E-state index contributed by atoms with van der Waals surface area (Å²) in [5.41, 5.74) is 1.13. The number of carbonyl (C=O) groups is 2. The normalized spacial score (nSPS) is 25.1. The van der Waals surface area contributed by atoms with E-state index in [-0.39, 0.29) is 30.3 Å². The van der Waals surface area contributed by atoms with Gasteiger partial charge in [0.1, 0.15) is 5.60 Å². The van der Waals surface area contributed by atoms with Gasteiger partial charge in [0.2, 0.25) is 5.91 Å². The van der Waals surface area contributed by atoms with E-state index in [1.165, 1.54) is 4.90 Å². The maximum atomic E-state index is 14.5. The van der Waals surface area contributed by atoms with Crippen LogP contribution in [0.4, 0.5) is 4.79 Å². The van der Waals surface area contributed by atoms with Gasteiger partial charge in [0, 0.05) is 32.8 Å². The zero-order valence-corrected chi connectivity index (χ0v) is 27.0. The summed E-state index contributed by atoms with van der Waals surface area (Å²) in [6, 6.07) is 22.4. The molecule has 0 unspecified atom stereocenters. The molecule has 2 aliphatic rings. The predicted molar refractivity (Wildman–Crippen MR) is 172 cm³/mol. The van der Waals surface area contributed by atoms with Crippen LogP contribution in [-0.2, 0) is 20.9 Å². The minimum Gasteiger partial charge on any atom is -0.443 e. The summed E-state index contributed by atoms with van der Waals surface area (Å²) in [6.07, 6.45) is 3.87. The lowest BCUT2D eigenvalue weighted by atomic mass is 9.57. The van der Waals surface area contributed by atoms with E-state index in [9.17, 15) is 9.59 Å². The van der Waals surface area contributed by atoms with Crippen LogP contribution in [0.3, 0.4) is 0 Å². The molecule has 1 heterocycles. The first-order chi connectivity index (χ1) is 20.4. The largest absolute Gasteiger partial charge is 0.443 e. The molecular formula is C35H36Cl3NO4. The molecule has 8 heteroatoms. The first kappa shape index (κ1) is 31.6. The van der Waals surface area contributed by atoms with Crippen LogP contribution in [0.5, 0.6) is 0 Å². The van der Waals surface area contributed by atoms with E-state index in [1.54, 1.807) is 26.8 Å². The van der Waals surface area contributed by atoms with Gasteiger partial charge >= 0.3 is 6.09 Å². The third-order valence-corrected chi connectivity index (χ3v) is 9.30. The molecule has 0 saturated carbocycles. The molecule has 1 aliphatic carbocycles. The molecule has 1 aliphatic heterocycles. The number of benzene rings is 3. The molecule has 226 valence electrons. The number of hydrogen-bond acceptors (Lipinski definition) is 4. The second-order valence-corrected chi connectivity index (χ2v) is 13.6. The van der Waals surface area contributed by atoms with E-state index >= 15 is 0 Å². The van der Waals surface area contributed by atoms with Crippen molar-refractivity contribution in [1.29, 1.82) is 0 Å². The highest BCUT2D eigenvalue weighted by Crippen LogP contribution is 2.60. The lowest BCUT2D eigenvalue weighted by Gasteiger charge is -2.44. The van der Waals surface area contributed by atoms with Gasteiger partial charge in [-0.1, -0.05) is 102 Å². The first-order valence-corrected chi connectivity index (χ1v) is 15.7. The molecule has 5 nitrogen and oxygen atoms in total. The Kier molecular flexibility index (Phi) is 9.29. The van der Waals surface area contributed by atoms with Crippen LogP contribution in [0, 0.1) is 11.3 Å². The molecule has 1 fully saturated rings. The molecule has 0 spiro atoms. The van der Waals surface area contributed by atoms with Gasteiger partial charge in [-0.05, 0) is 68.1 Å². The number of fused-ring (bicyclic) bond motifs is 1. The average Bonchev–Trinajstić information content (AvgIpc) is 3.21. The number of carbonyl (C=O) groups excluding carboxylic acids is 2. The van der Waals surface area contributed by atoms with Crippen LogP contribution in [0.1, 0.15) is 62.6 Å². The van der Waals surface area contributed by atoms with Crippen LogP contribution in [-0.4, -0.2) is 35.2 Å².